The highest BCUT2D eigenvalue weighted by Gasteiger charge is 2.29. The van der Waals surface area contributed by atoms with Gasteiger partial charge in [-0.1, -0.05) is 13.8 Å². The summed E-state index contributed by atoms with van der Waals surface area (Å²) >= 11 is 3.58. The number of nitrogens with zero attached hydrogens (tertiary/aromatic N) is 2. The van der Waals surface area contributed by atoms with E-state index in [0.29, 0.717) is 11.5 Å². The van der Waals surface area contributed by atoms with Crippen molar-refractivity contribution < 1.29 is 0 Å². The topological polar surface area (TPSA) is 16.1 Å². The first-order valence-corrected chi connectivity index (χ1v) is 7.12. The van der Waals surface area contributed by atoms with Crippen molar-refractivity contribution in [2.45, 2.75) is 45.6 Å². The summed E-state index contributed by atoms with van der Waals surface area (Å²) in [5, 5.41) is 0. The molecule has 2 nitrogen and oxygen atoms in total. The van der Waals surface area contributed by atoms with Gasteiger partial charge in [-0.2, -0.15) is 0 Å². The van der Waals surface area contributed by atoms with Crippen molar-refractivity contribution >= 4 is 21.7 Å². The Labute approximate surface area is 113 Å². The standard InChI is InChI=1S/C14H21BrN2/c1-14(2)8-6-11(7-9-14)17(3)13-12(15)5-4-10-16-13/h4-5,10-11H,6-9H2,1-3H3. The largest absolute Gasteiger partial charge is 0.356 e. The van der Waals surface area contributed by atoms with Crippen molar-refractivity contribution in [3.05, 3.63) is 22.8 Å². The van der Waals surface area contributed by atoms with Gasteiger partial charge in [0, 0.05) is 19.3 Å². The van der Waals surface area contributed by atoms with E-state index in [-0.39, 0.29) is 0 Å². The Bertz CT molecular complexity index is 380. The zero-order valence-corrected chi connectivity index (χ0v) is 12.5. The summed E-state index contributed by atoms with van der Waals surface area (Å²) < 4.78 is 1.09. The van der Waals surface area contributed by atoms with Gasteiger partial charge >= 0.3 is 0 Å². The first-order valence-electron chi connectivity index (χ1n) is 6.33. The third-order valence-electron chi connectivity index (χ3n) is 3.93. The van der Waals surface area contributed by atoms with Gasteiger partial charge in [0.2, 0.25) is 0 Å². The highest BCUT2D eigenvalue weighted by molar-refractivity contribution is 9.10. The van der Waals surface area contributed by atoms with Crippen LogP contribution in [0.25, 0.3) is 0 Å². The summed E-state index contributed by atoms with van der Waals surface area (Å²) in [6, 6.07) is 4.66. The lowest BCUT2D eigenvalue weighted by Gasteiger charge is -2.39. The van der Waals surface area contributed by atoms with Crippen LogP contribution >= 0.6 is 15.9 Å². The van der Waals surface area contributed by atoms with Crippen molar-refractivity contribution in [1.82, 2.24) is 4.98 Å². The average Bonchev–Trinajstić information content (AvgIpc) is 2.29. The number of pyridine rings is 1. The van der Waals surface area contributed by atoms with Gasteiger partial charge in [-0.05, 0) is 59.2 Å². The van der Waals surface area contributed by atoms with Crippen LogP contribution in [-0.4, -0.2) is 18.1 Å². The van der Waals surface area contributed by atoms with Crippen molar-refractivity contribution in [1.29, 1.82) is 0 Å². The van der Waals surface area contributed by atoms with Crippen molar-refractivity contribution in [3.8, 4) is 0 Å². The molecule has 0 unspecified atom stereocenters. The van der Waals surface area contributed by atoms with Gasteiger partial charge in [-0.3, -0.25) is 0 Å². The number of rotatable bonds is 2. The minimum Gasteiger partial charge on any atom is -0.356 e. The van der Waals surface area contributed by atoms with Gasteiger partial charge < -0.3 is 4.90 Å². The molecule has 1 saturated carbocycles. The molecule has 1 aromatic rings. The Kier molecular flexibility index (Phi) is 3.76. The van der Waals surface area contributed by atoms with Gasteiger partial charge in [-0.25, -0.2) is 4.98 Å². The van der Waals surface area contributed by atoms with Crippen molar-refractivity contribution in [2.24, 2.45) is 5.41 Å². The molecule has 0 saturated heterocycles. The Morgan fingerprint density at radius 1 is 1.35 bits per heavy atom. The van der Waals surface area contributed by atoms with E-state index in [0.717, 1.165) is 10.3 Å². The summed E-state index contributed by atoms with van der Waals surface area (Å²) in [4.78, 5) is 6.80. The predicted octanol–water partition coefficient (Wildman–Crippen LogP) is 4.25. The fourth-order valence-electron chi connectivity index (χ4n) is 2.58. The lowest BCUT2D eigenvalue weighted by Crippen LogP contribution is -2.37. The van der Waals surface area contributed by atoms with E-state index in [1.165, 1.54) is 25.7 Å². The van der Waals surface area contributed by atoms with Crippen LogP contribution < -0.4 is 4.90 Å². The molecule has 1 fully saturated rings. The zero-order valence-electron chi connectivity index (χ0n) is 10.9. The second-order valence-corrected chi connectivity index (χ2v) is 6.67. The molecule has 0 atom stereocenters. The molecule has 17 heavy (non-hydrogen) atoms. The summed E-state index contributed by atoms with van der Waals surface area (Å²) in [5.41, 5.74) is 0.526. The molecule has 0 radical (unpaired) electrons. The van der Waals surface area contributed by atoms with E-state index in [1.807, 2.05) is 12.3 Å². The van der Waals surface area contributed by atoms with E-state index in [9.17, 15) is 0 Å². The molecule has 0 amide bonds. The minimum atomic E-state index is 0.526. The van der Waals surface area contributed by atoms with Gasteiger partial charge in [0.15, 0.2) is 0 Å². The van der Waals surface area contributed by atoms with E-state index >= 15 is 0 Å². The Morgan fingerprint density at radius 3 is 2.59 bits per heavy atom. The van der Waals surface area contributed by atoms with E-state index in [4.69, 9.17) is 0 Å². The monoisotopic (exact) mass is 296 g/mol. The summed E-state index contributed by atoms with van der Waals surface area (Å²) in [6.07, 6.45) is 7.03. The minimum absolute atomic E-state index is 0.526. The molecule has 2 rings (SSSR count). The van der Waals surface area contributed by atoms with Crippen LogP contribution in [0.2, 0.25) is 0 Å². The fraction of sp³-hybridized carbons (Fsp3) is 0.643. The summed E-state index contributed by atoms with van der Waals surface area (Å²) in [6.45, 7) is 4.75. The normalized spacial score (nSPS) is 20.2. The number of aromatic nitrogens is 1. The highest BCUT2D eigenvalue weighted by atomic mass is 79.9. The van der Waals surface area contributed by atoms with Gasteiger partial charge in [0.25, 0.3) is 0 Å². The Hall–Kier alpha value is -0.570. The molecule has 0 aliphatic heterocycles. The molecule has 1 aliphatic carbocycles. The second-order valence-electron chi connectivity index (χ2n) is 5.82. The maximum absolute atomic E-state index is 4.47. The molecule has 0 bridgehead atoms. The van der Waals surface area contributed by atoms with Crippen LogP contribution in [-0.2, 0) is 0 Å². The molecule has 0 aromatic carbocycles. The zero-order chi connectivity index (χ0) is 12.5. The maximum Gasteiger partial charge on any atom is 0.142 e. The van der Waals surface area contributed by atoms with Crippen molar-refractivity contribution in [2.75, 3.05) is 11.9 Å². The fourth-order valence-corrected chi connectivity index (χ4v) is 3.12. The quantitative estimate of drug-likeness (QED) is 0.811. The van der Waals surface area contributed by atoms with Crippen LogP contribution in [0.5, 0.6) is 0 Å². The smallest absolute Gasteiger partial charge is 0.142 e. The Morgan fingerprint density at radius 2 is 2.00 bits per heavy atom. The number of halogens is 1. The van der Waals surface area contributed by atoms with E-state index in [1.54, 1.807) is 0 Å². The molecule has 1 heterocycles. The van der Waals surface area contributed by atoms with Gasteiger partial charge in [0.05, 0.1) is 4.47 Å². The molecule has 0 spiro atoms. The molecule has 1 aliphatic rings. The molecular formula is C14H21BrN2. The molecular weight excluding hydrogens is 276 g/mol. The second kappa shape index (κ2) is 4.97. The first kappa shape index (κ1) is 12.9. The van der Waals surface area contributed by atoms with Gasteiger partial charge in [0.1, 0.15) is 5.82 Å². The lowest BCUT2D eigenvalue weighted by atomic mass is 9.75. The van der Waals surface area contributed by atoms with Crippen LogP contribution in [0, 0.1) is 5.41 Å². The Balaban J connectivity index is 2.07. The molecule has 3 heteroatoms. The van der Waals surface area contributed by atoms with Crippen LogP contribution in [0.15, 0.2) is 22.8 Å². The third-order valence-corrected chi connectivity index (χ3v) is 4.55. The highest BCUT2D eigenvalue weighted by Crippen LogP contribution is 2.38. The number of anilines is 1. The maximum atomic E-state index is 4.47. The lowest BCUT2D eigenvalue weighted by molar-refractivity contribution is 0.222. The van der Waals surface area contributed by atoms with Crippen molar-refractivity contribution in [3.63, 3.8) is 0 Å². The first-order chi connectivity index (χ1) is 7.99. The summed E-state index contributed by atoms with van der Waals surface area (Å²) in [7, 11) is 2.16. The molecule has 94 valence electrons. The molecule has 1 aromatic heterocycles. The van der Waals surface area contributed by atoms with Gasteiger partial charge in [-0.15, -0.1) is 0 Å². The number of hydrogen-bond donors (Lipinski definition) is 0. The summed E-state index contributed by atoms with van der Waals surface area (Å²) in [5.74, 6) is 1.07. The van der Waals surface area contributed by atoms with E-state index in [2.05, 4.69) is 52.8 Å². The number of hydrogen-bond acceptors (Lipinski definition) is 2. The van der Waals surface area contributed by atoms with Crippen LogP contribution in [0.4, 0.5) is 5.82 Å². The predicted molar refractivity (Wildman–Crippen MR) is 76.4 cm³/mol. The molecule has 0 N–H and O–H groups in total. The SMILES string of the molecule is CN(c1ncccc1Br)C1CCC(C)(C)CC1. The third kappa shape index (κ3) is 3.01. The van der Waals surface area contributed by atoms with Crippen LogP contribution in [0.1, 0.15) is 39.5 Å². The van der Waals surface area contributed by atoms with Crippen LogP contribution in [0.3, 0.4) is 0 Å². The van der Waals surface area contributed by atoms with E-state index < -0.39 is 0 Å². The average molecular weight is 297 g/mol.